The van der Waals surface area contributed by atoms with E-state index in [1.54, 1.807) is 19.2 Å². The minimum Gasteiger partial charge on any atom is -0.491 e. The lowest BCUT2D eigenvalue weighted by Gasteiger charge is -2.11. The fourth-order valence-corrected chi connectivity index (χ4v) is 2.42. The molecule has 0 heterocycles. The first-order valence-electron chi connectivity index (χ1n) is 9.18. The van der Waals surface area contributed by atoms with Crippen LogP contribution >= 0.6 is 0 Å². The number of nitrogens with zero attached hydrogens (tertiary/aromatic N) is 1. The van der Waals surface area contributed by atoms with Crippen LogP contribution in [0, 0.1) is 5.82 Å². The molecule has 0 aliphatic heterocycles. The Bertz CT molecular complexity index is 688. The number of nitrogens with one attached hydrogen (secondary N) is 2. The molecule has 27 heavy (non-hydrogen) atoms. The second-order valence-electron chi connectivity index (χ2n) is 5.98. The molecule has 0 saturated carbocycles. The van der Waals surface area contributed by atoms with Gasteiger partial charge in [-0.3, -0.25) is 0 Å². The highest BCUT2D eigenvalue weighted by atomic mass is 19.1. The predicted octanol–water partition coefficient (Wildman–Crippen LogP) is 3.15. The zero-order valence-corrected chi connectivity index (χ0v) is 16.0. The maximum absolute atomic E-state index is 12.9. The van der Waals surface area contributed by atoms with Gasteiger partial charge in [-0.25, -0.2) is 9.38 Å². The Morgan fingerprint density at radius 2 is 1.67 bits per heavy atom. The first-order valence-corrected chi connectivity index (χ1v) is 9.18. The van der Waals surface area contributed by atoms with E-state index in [1.807, 2.05) is 31.2 Å². The Balaban J connectivity index is 1.82. The molecule has 2 aromatic carbocycles. The fourth-order valence-electron chi connectivity index (χ4n) is 2.42. The Kier molecular flexibility index (Phi) is 9.13. The minimum atomic E-state index is -0.211. The van der Waals surface area contributed by atoms with Crippen LogP contribution < -0.4 is 15.4 Å². The number of halogens is 1. The SMILES string of the molecule is CCNC(=NCc1ccc(OCCOC)cc1)NCCc1ccc(F)cc1. The summed E-state index contributed by atoms with van der Waals surface area (Å²) < 4.78 is 23.5. The minimum absolute atomic E-state index is 0.211. The molecule has 0 amide bonds. The van der Waals surface area contributed by atoms with Gasteiger partial charge in [-0.1, -0.05) is 24.3 Å². The standard InChI is InChI=1S/C21H28FN3O2/c1-3-23-21(24-13-12-17-4-8-19(22)9-5-17)25-16-18-6-10-20(11-7-18)27-15-14-26-2/h4-11H,3,12-16H2,1-2H3,(H2,23,24,25). The van der Waals surface area contributed by atoms with Crippen LogP contribution in [0.25, 0.3) is 0 Å². The van der Waals surface area contributed by atoms with E-state index in [9.17, 15) is 4.39 Å². The summed E-state index contributed by atoms with van der Waals surface area (Å²) in [6, 6.07) is 14.5. The van der Waals surface area contributed by atoms with Crippen molar-refractivity contribution in [2.45, 2.75) is 19.9 Å². The van der Waals surface area contributed by atoms with Gasteiger partial charge >= 0.3 is 0 Å². The van der Waals surface area contributed by atoms with Crippen LogP contribution in [0.4, 0.5) is 4.39 Å². The second kappa shape index (κ2) is 11.9. The van der Waals surface area contributed by atoms with E-state index in [2.05, 4.69) is 15.6 Å². The topological polar surface area (TPSA) is 54.9 Å². The van der Waals surface area contributed by atoms with Crippen molar-refractivity contribution in [3.05, 3.63) is 65.5 Å². The lowest BCUT2D eigenvalue weighted by atomic mass is 10.1. The zero-order valence-electron chi connectivity index (χ0n) is 16.0. The molecule has 2 aromatic rings. The highest BCUT2D eigenvalue weighted by Gasteiger charge is 2.00. The van der Waals surface area contributed by atoms with Gasteiger partial charge in [-0.2, -0.15) is 0 Å². The molecule has 2 rings (SSSR count). The summed E-state index contributed by atoms with van der Waals surface area (Å²) in [7, 11) is 1.65. The van der Waals surface area contributed by atoms with Gasteiger partial charge in [0.2, 0.25) is 0 Å². The number of methoxy groups -OCH3 is 1. The number of guanidine groups is 1. The summed E-state index contributed by atoms with van der Waals surface area (Å²) in [6.07, 6.45) is 0.804. The molecular weight excluding hydrogens is 345 g/mol. The van der Waals surface area contributed by atoms with Crippen molar-refractivity contribution in [1.82, 2.24) is 10.6 Å². The molecule has 0 radical (unpaired) electrons. The van der Waals surface area contributed by atoms with E-state index < -0.39 is 0 Å². The molecule has 0 aromatic heterocycles. The van der Waals surface area contributed by atoms with Gasteiger partial charge in [-0.15, -0.1) is 0 Å². The molecule has 6 heteroatoms. The summed E-state index contributed by atoms with van der Waals surface area (Å²) in [5.74, 6) is 1.38. The molecular formula is C21H28FN3O2. The van der Waals surface area contributed by atoms with Crippen LogP contribution in [0.2, 0.25) is 0 Å². The van der Waals surface area contributed by atoms with Crippen LogP contribution in [-0.4, -0.2) is 39.4 Å². The maximum Gasteiger partial charge on any atom is 0.191 e. The third-order valence-electron chi connectivity index (χ3n) is 3.86. The number of hydrogen-bond donors (Lipinski definition) is 2. The Hall–Kier alpha value is -2.60. The van der Waals surface area contributed by atoms with Crippen LogP contribution in [0.5, 0.6) is 5.75 Å². The van der Waals surface area contributed by atoms with Gasteiger partial charge in [0.25, 0.3) is 0 Å². The van der Waals surface area contributed by atoms with Crippen molar-refractivity contribution < 1.29 is 13.9 Å². The summed E-state index contributed by atoms with van der Waals surface area (Å²) in [4.78, 5) is 4.61. The number of benzene rings is 2. The van der Waals surface area contributed by atoms with Crippen molar-refractivity contribution in [1.29, 1.82) is 0 Å². The predicted molar refractivity (Wildman–Crippen MR) is 107 cm³/mol. The molecule has 0 spiro atoms. The van der Waals surface area contributed by atoms with E-state index in [0.717, 1.165) is 42.3 Å². The molecule has 2 N–H and O–H groups in total. The molecule has 0 aliphatic carbocycles. The van der Waals surface area contributed by atoms with Gasteiger partial charge in [0.15, 0.2) is 5.96 Å². The third kappa shape index (κ3) is 8.09. The number of hydrogen-bond acceptors (Lipinski definition) is 3. The monoisotopic (exact) mass is 373 g/mol. The zero-order chi connectivity index (χ0) is 19.3. The maximum atomic E-state index is 12.9. The molecule has 0 fully saturated rings. The normalized spacial score (nSPS) is 11.3. The number of ether oxygens (including phenoxy) is 2. The van der Waals surface area contributed by atoms with Gasteiger partial charge in [-0.05, 0) is 48.7 Å². The quantitative estimate of drug-likeness (QED) is 0.382. The summed E-state index contributed by atoms with van der Waals surface area (Å²) >= 11 is 0. The second-order valence-corrected chi connectivity index (χ2v) is 5.98. The molecule has 5 nitrogen and oxygen atoms in total. The summed E-state index contributed by atoms with van der Waals surface area (Å²) in [5.41, 5.74) is 2.19. The molecule has 0 bridgehead atoms. The van der Waals surface area contributed by atoms with Gasteiger partial charge < -0.3 is 20.1 Å². The summed E-state index contributed by atoms with van der Waals surface area (Å²) in [6.45, 7) is 5.23. The van der Waals surface area contributed by atoms with Crippen LogP contribution in [0.1, 0.15) is 18.1 Å². The van der Waals surface area contributed by atoms with Crippen molar-refractivity contribution in [3.63, 3.8) is 0 Å². The third-order valence-corrected chi connectivity index (χ3v) is 3.86. The number of rotatable bonds is 10. The smallest absolute Gasteiger partial charge is 0.191 e. The fraction of sp³-hybridized carbons (Fsp3) is 0.381. The Morgan fingerprint density at radius 1 is 0.963 bits per heavy atom. The van der Waals surface area contributed by atoms with E-state index >= 15 is 0 Å². The van der Waals surface area contributed by atoms with Crippen LogP contribution in [0.15, 0.2) is 53.5 Å². The largest absolute Gasteiger partial charge is 0.491 e. The van der Waals surface area contributed by atoms with Crippen LogP contribution in [0.3, 0.4) is 0 Å². The van der Waals surface area contributed by atoms with E-state index in [1.165, 1.54) is 12.1 Å². The van der Waals surface area contributed by atoms with Gasteiger partial charge in [0, 0.05) is 20.2 Å². The molecule has 0 saturated heterocycles. The number of aliphatic imine (C=N–C) groups is 1. The van der Waals surface area contributed by atoms with Crippen molar-refractivity contribution in [3.8, 4) is 5.75 Å². The average Bonchev–Trinajstić information content (AvgIpc) is 2.69. The molecule has 0 aliphatic rings. The molecule has 0 unspecified atom stereocenters. The Morgan fingerprint density at radius 3 is 2.33 bits per heavy atom. The summed E-state index contributed by atoms with van der Waals surface area (Å²) in [5, 5.41) is 6.54. The van der Waals surface area contributed by atoms with Crippen molar-refractivity contribution in [2.24, 2.45) is 4.99 Å². The average molecular weight is 373 g/mol. The van der Waals surface area contributed by atoms with Gasteiger partial charge in [0.05, 0.1) is 13.2 Å². The first-order chi connectivity index (χ1) is 13.2. The van der Waals surface area contributed by atoms with Crippen molar-refractivity contribution in [2.75, 3.05) is 33.4 Å². The lowest BCUT2D eigenvalue weighted by Crippen LogP contribution is -2.38. The first kappa shape index (κ1) is 20.7. The van der Waals surface area contributed by atoms with Crippen LogP contribution in [-0.2, 0) is 17.7 Å². The molecule has 0 atom stereocenters. The van der Waals surface area contributed by atoms with E-state index in [0.29, 0.717) is 19.8 Å². The lowest BCUT2D eigenvalue weighted by molar-refractivity contribution is 0.146. The van der Waals surface area contributed by atoms with Crippen molar-refractivity contribution >= 4 is 5.96 Å². The molecule has 146 valence electrons. The Labute approximate surface area is 160 Å². The van der Waals surface area contributed by atoms with E-state index in [-0.39, 0.29) is 5.82 Å². The van der Waals surface area contributed by atoms with Gasteiger partial charge in [0.1, 0.15) is 18.2 Å². The highest BCUT2D eigenvalue weighted by molar-refractivity contribution is 5.79. The van der Waals surface area contributed by atoms with E-state index in [4.69, 9.17) is 9.47 Å². The highest BCUT2D eigenvalue weighted by Crippen LogP contribution is 2.12.